The van der Waals surface area contributed by atoms with Gasteiger partial charge < -0.3 is 9.47 Å². The fourth-order valence-corrected chi connectivity index (χ4v) is 2.43. The summed E-state index contributed by atoms with van der Waals surface area (Å²) >= 11 is 0. The van der Waals surface area contributed by atoms with Crippen LogP contribution in [0, 0.1) is 0 Å². The Morgan fingerprint density at radius 3 is 2.42 bits per heavy atom. The highest BCUT2D eigenvalue weighted by Gasteiger charge is 2.30. The van der Waals surface area contributed by atoms with Crippen molar-refractivity contribution < 1.29 is 22.6 Å². The van der Waals surface area contributed by atoms with Crippen molar-refractivity contribution in [2.75, 3.05) is 13.7 Å². The van der Waals surface area contributed by atoms with Crippen LogP contribution in [0.5, 0.6) is 5.75 Å². The minimum absolute atomic E-state index is 0.270. The van der Waals surface area contributed by atoms with Gasteiger partial charge in [0.25, 0.3) is 5.56 Å². The number of nitrogens with zero attached hydrogens (tertiary/aromatic N) is 3. The van der Waals surface area contributed by atoms with E-state index in [2.05, 4.69) is 15.0 Å². The summed E-state index contributed by atoms with van der Waals surface area (Å²) < 4.78 is 46.7. The van der Waals surface area contributed by atoms with E-state index in [0.29, 0.717) is 28.6 Å². The van der Waals surface area contributed by atoms with Crippen molar-refractivity contribution in [2.45, 2.75) is 12.9 Å². The number of benzene rings is 2. The number of alkyl halides is 3. The third-order valence-electron chi connectivity index (χ3n) is 3.65. The number of hydrogen-bond acceptors (Lipinski definition) is 5. The molecule has 0 bridgehead atoms. The first-order chi connectivity index (χ1) is 12.4. The van der Waals surface area contributed by atoms with E-state index in [1.165, 1.54) is 36.1 Å². The Morgan fingerprint density at radius 2 is 1.77 bits per heavy atom. The van der Waals surface area contributed by atoms with Gasteiger partial charge in [-0.2, -0.15) is 0 Å². The average Bonchev–Trinajstić information content (AvgIpc) is 2.60. The lowest BCUT2D eigenvalue weighted by atomic mass is 10.0. The molecule has 26 heavy (non-hydrogen) atoms. The molecule has 3 rings (SSSR count). The molecule has 136 valence electrons. The van der Waals surface area contributed by atoms with E-state index in [4.69, 9.17) is 4.74 Å². The first-order valence-electron chi connectivity index (χ1n) is 7.60. The SMILES string of the molecule is COCCn1nnc2ccc(-c3ccc(OC(F)(F)F)cc3)cc2c1=O. The standard InChI is InChI=1S/C17H14F3N3O3/c1-25-9-8-23-16(24)14-10-12(4-7-15(14)21-22-23)11-2-5-13(6-3-11)26-17(18,19)20/h2-7,10H,8-9H2,1H3. The molecule has 0 spiro atoms. The Morgan fingerprint density at radius 1 is 1.08 bits per heavy atom. The molecule has 0 N–H and O–H groups in total. The third-order valence-corrected chi connectivity index (χ3v) is 3.65. The van der Waals surface area contributed by atoms with Crippen LogP contribution in [0.2, 0.25) is 0 Å². The van der Waals surface area contributed by atoms with Gasteiger partial charge in [0.05, 0.1) is 18.5 Å². The molecule has 0 atom stereocenters. The predicted octanol–water partition coefficient (Wildman–Crippen LogP) is 3.00. The molecule has 0 aliphatic carbocycles. The Kier molecular flexibility index (Phi) is 4.90. The van der Waals surface area contributed by atoms with Crippen LogP contribution in [-0.4, -0.2) is 35.1 Å². The normalized spacial score (nSPS) is 11.7. The molecule has 9 heteroatoms. The summed E-state index contributed by atoms with van der Waals surface area (Å²) in [5.74, 6) is -0.310. The molecule has 0 saturated carbocycles. The molecule has 0 saturated heterocycles. The Labute approximate surface area is 145 Å². The van der Waals surface area contributed by atoms with Gasteiger partial charge in [0.1, 0.15) is 11.3 Å². The second-order valence-corrected chi connectivity index (χ2v) is 5.41. The number of ether oxygens (including phenoxy) is 2. The first kappa shape index (κ1) is 17.9. The molecule has 0 aliphatic rings. The van der Waals surface area contributed by atoms with Crippen molar-refractivity contribution in [3.05, 3.63) is 52.8 Å². The van der Waals surface area contributed by atoms with Gasteiger partial charge >= 0.3 is 6.36 Å². The number of fused-ring (bicyclic) bond motifs is 1. The summed E-state index contributed by atoms with van der Waals surface area (Å²) in [6.07, 6.45) is -4.74. The van der Waals surface area contributed by atoms with Crippen molar-refractivity contribution in [1.82, 2.24) is 15.0 Å². The van der Waals surface area contributed by atoms with Crippen molar-refractivity contribution in [2.24, 2.45) is 0 Å². The number of methoxy groups -OCH3 is 1. The van der Waals surface area contributed by atoms with Gasteiger partial charge in [-0.1, -0.05) is 23.4 Å². The number of hydrogen-bond donors (Lipinski definition) is 0. The van der Waals surface area contributed by atoms with E-state index < -0.39 is 6.36 Å². The summed E-state index contributed by atoms with van der Waals surface area (Å²) in [7, 11) is 1.52. The zero-order valence-corrected chi connectivity index (χ0v) is 13.7. The van der Waals surface area contributed by atoms with Gasteiger partial charge in [-0.05, 0) is 35.4 Å². The van der Waals surface area contributed by atoms with Gasteiger partial charge in [0, 0.05) is 7.11 Å². The van der Waals surface area contributed by atoms with Crippen LogP contribution in [0.15, 0.2) is 47.3 Å². The van der Waals surface area contributed by atoms with Crippen LogP contribution < -0.4 is 10.3 Å². The molecule has 3 aromatic rings. The summed E-state index contributed by atoms with van der Waals surface area (Å²) in [6, 6.07) is 10.4. The molecule has 0 amide bonds. The zero-order valence-electron chi connectivity index (χ0n) is 13.7. The lowest BCUT2D eigenvalue weighted by Gasteiger charge is -2.10. The van der Waals surface area contributed by atoms with E-state index in [-0.39, 0.29) is 17.9 Å². The summed E-state index contributed by atoms with van der Waals surface area (Å²) in [6.45, 7) is 0.590. The average molecular weight is 365 g/mol. The monoisotopic (exact) mass is 365 g/mol. The van der Waals surface area contributed by atoms with Gasteiger partial charge in [-0.25, -0.2) is 4.68 Å². The Bertz CT molecular complexity index is 969. The van der Waals surface area contributed by atoms with Crippen LogP contribution in [-0.2, 0) is 11.3 Å². The first-order valence-corrected chi connectivity index (χ1v) is 7.60. The van der Waals surface area contributed by atoms with Crippen LogP contribution in [0.3, 0.4) is 0 Å². The molecule has 0 fully saturated rings. The second-order valence-electron chi connectivity index (χ2n) is 5.41. The van der Waals surface area contributed by atoms with Crippen molar-refractivity contribution >= 4 is 10.9 Å². The molecule has 1 aromatic heterocycles. The van der Waals surface area contributed by atoms with Gasteiger partial charge in [-0.3, -0.25) is 4.79 Å². The number of halogens is 3. The smallest absolute Gasteiger partial charge is 0.406 e. The Balaban J connectivity index is 1.95. The van der Waals surface area contributed by atoms with Crippen molar-refractivity contribution in [1.29, 1.82) is 0 Å². The molecule has 6 nitrogen and oxygen atoms in total. The number of rotatable bonds is 5. The lowest BCUT2D eigenvalue weighted by Crippen LogP contribution is -2.26. The molecule has 1 heterocycles. The Hall–Kier alpha value is -2.94. The van der Waals surface area contributed by atoms with E-state index >= 15 is 0 Å². The van der Waals surface area contributed by atoms with E-state index in [1.807, 2.05) is 0 Å². The highest BCUT2D eigenvalue weighted by atomic mass is 19.4. The topological polar surface area (TPSA) is 66.2 Å². The molecular weight excluding hydrogens is 351 g/mol. The molecule has 0 radical (unpaired) electrons. The molecule has 0 aliphatic heterocycles. The maximum atomic E-state index is 12.5. The van der Waals surface area contributed by atoms with E-state index in [1.54, 1.807) is 18.2 Å². The lowest BCUT2D eigenvalue weighted by molar-refractivity contribution is -0.274. The van der Waals surface area contributed by atoms with E-state index in [9.17, 15) is 18.0 Å². The summed E-state index contributed by atoms with van der Waals surface area (Å²) in [5, 5.41) is 8.20. The van der Waals surface area contributed by atoms with Gasteiger partial charge in [-0.15, -0.1) is 18.3 Å². The van der Waals surface area contributed by atoms with Crippen molar-refractivity contribution in [3.8, 4) is 16.9 Å². The maximum absolute atomic E-state index is 12.5. The largest absolute Gasteiger partial charge is 0.573 e. The van der Waals surface area contributed by atoms with Crippen molar-refractivity contribution in [3.63, 3.8) is 0 Å². The molecule has 0 unspecified atom stereocenters. The fraction of sp³-hybridized carbons (Fsp3) is 0.235. The van der Waals surface area contributed by atoms with Crippen LogP contribution >= 0.6 is 0 Å². The van der Waals surface area contributed by atoms with Crippen LogP contribution in [0.4, 0.5) is 13.2 Å². The van der Waals surface area contributed by atoms with Crippen LogP contribution in [0.25, 0.3) is 22.0 Å². The zero-order chi connectivity index (χ0) is 18.7. The van der Waals surface area contributed by atoms with E-state index in [0.717, 1.165) is 0 Å². The van der Waals surface area contributed by atoms with Crippen LogP contribution in [0.1, 0.15) is 0 Å². The maximum Gasteiger partial charge on any atom is 0.573 e. The highest BCUT2D eigenvalue weighted by molar-refractivity contribution is 5.83. The van der Waals surface area contributed by atoms with Gasteiger partial charge in [0.15, 0.2) is 0 Å². The number of aromatic nitrogens is 3. The second kappa shape index (κ2) is 7.12. The quantitative estimate of drug-likeness (QED) is 0.695. The van der Waals surface area contributed by atoms with Gasteiger partial charge in [0.2, 0.25) is 0 Å². The highest BCUT2D eigenvalue weighted by Crippen LogP contribution is 2.27. The summed E-state index contributed by atoms with van der Waals surface area (Å²) in [5.41, 5.74) is 1.43. The third kappa shape index (κ3) is 3.99. The molecular formula is C17H14F3N3O3. The summed E-state index contributed by atoms with van der Waals surface area (Å²) in [4.78, 5) is 12.5. The predicted molar refractivity (Wildman–Crippen MR) is 87.8 cm³/mol. The minimum Gasteiger partial charge on any atom is -0.406 e. The fourth-order valence-electron chi connectivity index (χ4n) is 2.43. The molecule has 2 aromatic carbocycles. The minimum atomic E-state index is -4.74.